The first-order valence-corrected chi connectivity index (χ1v) is 5.50. The number of rotatable bonds is 3. The molecule has 1 rings (SSSR count). The summed E-state index contributed by atoms with van der Waals surface area (Å²) in [5.41, 5.74) is 0. The predicted molar refractivity (Wildman–Crippen MR) is 56.2 cm³/mol. The van der Waals surface area contributed by atoms with Crippen LogP contribution in [0.25, 0.3) is 0 Å². The summed E-state index contributed by atoms with van der Waals surface area (Å²) >= 11 is 0. The third-order valence-electron chi connectivity index (χ3n) is 3.04. The summed E-state index contributed by atoms with van der Waals surface area (Å²) < 4.78 is 4.70. The van der Waals surface area contributed by atoms with Gasteiger partial charge in [0, 0.05) is 12.5 Å². The zero-order chi connectivity index (χ0) is 11.4. The Morgan fingerprint density at radius 2 is 2.20 bits per heavy atom. The molecule has 1 saturated heterocycles. The second kappa shape index (κ2) is 5.14. The maximum atomic E-state index is 11.9. The van der Waals surface area contributed by atoms with Crippen LogP contribution < -0.4 is 0 Å². The lowest BCUT2D eigenvalue weighted by molar-refractivity contribution is -0.152. The van der Waals surface area contributed by atoms with E-state index in [2.05, 4.69) is 0 Å². The van der Waals surface area contributed by atoms with Crippen LogP contribution in [-0.2, 0) is 14.3 Å². The molecule has 1 heterocycles. The molecule has 0 N–H and O–H groups in total. The summed E-state index contributed by atoms with van der Waals surface area (Å²) in [6.45, 7) is 4.56. The van der Waals surface area contributed by atoms with E-state index in [0.29, 0.717) is 6.54 Å². The van der Waals surface area contributed by atoms with E-state index < -0.39 is 0 Å². The van der Waals surface area contributed by atoms with Crippen molar-refractivity contribution in [2.24, 2.45) is 5.92 Å². The summed E-state index contributed by atoms with van der Waals surface area (Å²) in [4.78, 5) is 25.0. The van der Waals surface area contributed by atoms with Crippen LogP contribution in [0.2, 0.25) is 0 Å². The Morgan fingerprint density at radius 1 is 1.53 bits per heavy atom. The van der Waals surface area contributed by atoms with E-state index in [9.17, 15) is 9.59 Å². The Balaban J connectivity index is 2.68. The average molecular weight is 213 g/mol. The molecule has 86 valence electrons. The zero-order valence-corrected chi connectivity index (χ0v) is 9.66. The van der Waals surface area contributed by atoms with E-state index >= 15 is 0 Å². The van der Waals surface area contributed by atoms with Crippen molar-refractivity contribution >= 4 is 11.9 Å². The van der Waals surface area contributed by atoms with E-state index in [1.54, 1.807) is 4.90 Å². The van der Waals surface area contributed by atoms with Gasteiger partial charge < -0.3 is 9.64 Å². The quantitative estimate of drug-likeness (QED) is 0.662. The molecule has 1 aliphatic rings. The van der Waals surface area contributed by atoms with Crippen LogP contribution in [0.1, 0.15) is 33.1 Å². The molecule has 0 aromatic carbocycles. The number of amides is 1. The Hall–Kier alpha value is -1.06. The molecule has 0 aromatic rings. The van der Waals surface area contributed by atoms with Crippen molar-refractivity contribution in [1.82, 2.24) is 4.90 Å². The van der Waals surface area contributed by atoms with Crippen molar-refractivity contribution in [3.05, 3.63) is 0 Å². The maximum absolute atomic E-state index is 11.9. The van der Waals surface area contributed by atoms with E-state index in [-0.39, 0.29) is 23.8 Å². The van der Waals surface area contributed by atoms with Gasteiger partial charge in [-0.2, -0.15) is 0 Å². The third-order valence-corrected chi connectivity index (χ3v) is 3.04. The minimum Gasteiger partial charge on any atom is -0.467 e. The number of hydrogen-bond donors (Lipinski definition) is 0. The highest BCUT2D eigenvalue weighted by molar-refractivity contribution is 5.86. The summed E-state index contributed by atoms with van der Waals surface area (Å²) in [5.74, 6) is -0.218. The van der Waals surface area contributed by atoms with Crippen molar-refractivity contribution < 1.29 is 14.3 Å². The van der Waals surface area contributed by atoms with Gasteiger partial charge in [0.15, 0.2) is 0 Å². The van der Waals surface area contributed by atoms with Crippen LogP contribution in [0.3, 0.4) is 0 Å². The van der Waals surface area contributed by atoms with Gasteiger partial charge in [-0.05, 0) is 19.3 Å². The van der Waals surface area contributed by atoms with Crippen molar-refractivity contribution in [2.45, 2.75) is 39.2 Å². The van der Waals surface area contributed by atoms with E-state index in [0.717, 1.165) is 19.3 Å². The minimum atomic E-state index is -0.350. The lowest BCUT2D eigenvalue weighted by atomic mass is 10.1. The van der Waals surface area contributed by atoms with Gasteiger partial charge in [0.05, 0.1) is 7.11 Å². The van der Waals surface area contributed by atoms with Crippen LogP contribution in [0.4, 0.5) is 0 Å². The fourth-order valence-corrected chi connectivity index (χ4v) is 1.87. The molecule has 0 radical (unpaired) electrons. The van der Waals surface area contributed by atoms with Crippen molar-refractivity contribution in [3.63, 3.8) is 0 Å². The number of methoxy groups -OCH3 is 1. The number of carbonyl (C=O) groups excluding carboxylic acids is 2. The molecule has 0 saturated carbocycles. The lowest BCUT2D eigenvalue weighted by Gasteiger charge is -2.25. The van der Waals surface area contributed by atoms with Gasteiger partial charge in [-0.15, -0.1) is 0 Å². The lowest BCUT2D eigenvalue weighted by Crippen LogP contribution is -2.43. The first-order valence-electron chi connectivity index (χ1n) is 5.50. The molecule has 0 bridgehead atoms. The molecule has 0 aromatic heterocycles. The first kappa shape index (κ1) is 12.0. The number of ether oxygens (including phenoxy) is 1. The van der Waals surface area contributed by atoms with E-state index in [4.69, 9.17) is 4.74 Å². The molecular weight excluding hydrogens is 194 g/mol. The number of esters is 1. The highest BCUT2D eigenvalue weighted by atomic mass is 16.5. The van der Waals surface area contributed by atoms with Crippen molar-refractivity contribution in [3.8, 4) is 0 Å². The monoisotopic (exact) mass is 213 g/mol. The summed E-state index contributed by atoms with van der Waals surface area (Å²) in [6.07, 6.45) is 2.43. The number of carbonyl (C=O) groups is 2. The SMILES string of the molecule is CC[C@@H](C)C(=O)N1CCCC1C(=O)OC. The molecule has 15 heavy (non-hydrogen) atoms. The summed E-state index contributed by atoms with van der Waals surface area (Å²) in [7, 11) is 1.37. The molecule has 1 fully saturated rings. The second-order valence-corrected chi connectivity index (χ2v) is 4.02. The molecule has 1 aliphatic heterocycles. The first-order chi connectivity index (χ1) is 7.11. The number of likely N-dealkylation sites (tertiary alicyclic amines) is 1. The molecule has 1 amide bonds. The highest BCUT2D eigenvalue weighted by Gasteiger charge is 2.35. The smallest absolute Gasteiger partial charge is 0.328 e. The molecular formula is C11H19NO3. The molecule has 1 unspecified atom stereocenters. The number of nitrogens with zero attached hydrogens (tertiary/aromatic N) is 1. The minimum absolute atomic E-state index is 0.00439. The van der Waals surface area contributed by atoms with Gasteiger partial charge in [-0.1, -0.05) is 13.8 Å². The molecule has 0 aliphatic carbocycles. The Morgan fingerprint density at radius 3 is 2.73 bits per heavy atom. The number of hydrogen-bond acceptors (Lipinski definition) is 3. The van der Waals surface area contributed by atoms with Crippen LogP contribution in [0.5, 0.6) is 0 Å². The standard InChI is InChI=1S/C11H19NO3/c1-4-8(2)10(13)12-7-5-6-9(12)11(14)15-3/h8-9H,4-7H2,1-3H3/t8-,9?/m1/s1. The van der Waals surface area contributed by atoms with E-state index in [1.165, 1.54) is 7.11 Å². The molecule has 2 atom stereocenters. The van der Waals surface area contributed by atoms with Gasteiger partial charge in [0.1, 0.15) is 6.04 Å². The predicted octanol–water partition coefficient (Wildman–Crippen LogP) is 1.20. The maximum Gasteiger partial charge on any atom is 0.328 e. The average Bonchev–Trinajstić information content (AvgIpc) is 2.74. The largest absolute Gasteiger partial charge is 0.467 e. The Kier molecular flexibility index (Phi) is 4.12. The Labute approximate surface area is 90.6 Å². The summed E-state index contributed by atoms with van der Waals surface area (Å²) in [6, 6.07) is -0.350. The van der Waals surface area contributed by atoms with Crippen LogP contribution in [-0.4, -0.2) is 36.5 Å². The van der Waals surface area contributed by atoms with Crippen LogP contribution >= 0.6 is 0 Å². The van der Waals surface area contributed by atoms with Crippen LogP contribution in [0, 0.1) is 5.92 Å². The van der Waals surface area contributed by atoms with Gasteiger partial charge in [-0.25, -0.2) is 4.79 Å². The van der Waals surface area contributed by atoms with Gasteiger partial charge >= 0.3 is 5.97 Å². The van der Waals surface area contributed by atoms with Gasteiger partial charge in [-0.3, -0.25) is 4.79 Å². The van der Waals surface area contributed by atoms with Crippen molar-refractivity contribution in [2.75, 3.05) is 13.7 Å². The fourth-order valence-electron chi connectivity index (χ4n) is 1.87. The second-order valence-electron chi connectivity index (χ2n) is 4.02. The van der Waals surface area contributed by atoms with Gasteiger partial charge in [0.2, 0.25) is 5.91 Å². The van der Waals surface area contributed by atoms with Crippen molar-refractivity contribution in [1.29, 1.82) is 0 Å². The summed E-state index contributed by atoms with van der Waals surface area (Å²) in [5, 5.41) is 0. The third kappa shape index (κ3) is 2.49. The molecule has 4 heteroatoms. The van der Waals surface area contributed by atoms with Crippen LogP contribution in [0.15, 0.2) is 0 Å². The fraction of sp³-hybridized carbons (Fsp3) is 0.818. The Bertz CT molecular complexity index is 252. The zero-order valence-electron chi connectivity index (χ0n) is 9.66. The molecule has 0 spiro atoms. The topological polar surface area (TPSA) is 46.6 Å². The van der Waals surface area contributed by atoms with E-state index in [1.807, 2.05) is 13.8 Å². The normalized spacial score (nSPS) is 22.6. The highest BCUT2D eigenvalue weighted by Crippen LogP contribution is 2.21. The molecule has 4 nitrogen and oxygen atoms in total. The van der Waals surface area contributed by atoms with Gasteiger partial charge in [0.25, 0.3) is 0 Å².